The van der Waals surface area contributed by atoms with Crippen LogP contribution in [0.3, 0.4) is 0 Å². The van der Waals surface area contributed by atoms with Gasteiger partial charge >= 0.3 is 6.01 Å². The van der Waals surface area contributed by atoms with Gasteiger partial charge in [0.15, 0.2) is 11.5 Å². The quantitative estimate of drug-likeness (QED) is 0.780. The van der Waals surface area contributed by atoms with Crippen molar-refractivity contribution in [1.29, 1.82) is 0 Å². The summed E-state index contributed by atoms with van der Waals surface area (Å²) in [7, 11) is 3.18. The number of carbonyl (C=O) groups excluding carboxylic acids is 1. The van der Waals surface area contributed by atoms with E-state index in [2.05, 4.69) is 22.4 Å². The molecule has 2 aromatic rings. The molecule has 1 N–H and O–H groups in total. The van der Waals surface area contributed by atoms with Crippen molar-refractivity contribution in [3.8, 4) is 22.9 Å². The molecule has 0 unspecified atom stereocenters. The number of ether oxygens (including phenoxy) is 2. The number of anilines is 1. The first kappa shape index (κ1) is 20.0. The highest BCUT2D eigenvalue weighted by Gasteiger charge is 2.28. The van der Waals surface area contributed by atoms with Gasteiger partial charge < -0.3 is 24.2 Å². The Hall–Kier alpha value is -2.77. The Morgan fingerprint density at radius 3 is 2.64 bits per heavy atom. The highest BCUT2D eigenvalue weighted by molar-refractivity contribution is 5.79. The lowest BCUT2D eigenvalue weighted by molar-refractivity contribution is -0.126. The minimum Gasteiger partial charge on any atom is -0.493 e. The van der Waals surface area contributed by atoms with Crippen LogP contribution in [-0.4, -0.2) is 49.4 Å². The van der Waals surface area contributed by atoms with Crippen LogP contribution >= 0.6 is 0 Å². The number of benzene rings is 1. The predicted octanol–water partition coefficient (Wildman–Crippen LogP) is 2.88. The number of aromatic nitrogens is 2. The van der Waals surface area contributed by atoms with Crippen LogP contribution in [0.4, 0.5) is 6.01 Å². The molecule has 0 radical (unpaired) electrons. The molecule has 1 amide bonds. The molecule has 1 aromatic heterocycles. The third-order valence-electron chi connectivity index (χ3n) is 5.19. The lowest BCUT2D eigenvalue weighted by Crippen LogP contribution is -2.43. The van der Waals surface area contributed by atoms with Gasteiger partial charge in [-0.2, -0.15) is 4.98 Å². The zero-order chi connectivity index (χ0) is 20.1. The largest absolute Gasteiger partial charge is 0.493 e. The van der Waals surface area contributed by atoms with Gasteiger partial charge in [-0.05, 0) is 44.4 Å². The summed E-state index contributed by atoms with van der Waals surface area (Å²) in [5.74, 6) is 1.93. The first-order chi connectivity index (χ1) is 13.5. The summed E-state index contributed by atoms with van der Waals surface area (Å²) in [4.78, 5) is 18.9. The van der Waals surface area contributed by atoms with Crippen LogP contribution in [0.5, 0.6) is 11.5 Å². The van der Waals surface area contributed by atoms with Crippen molar-refractivity contribution in [2.45, 2.75) is 39.2 Å². The van der Waals surface area contributed by atoms with Crippen molar-refractivity contribution in [2.75, 3.05) is 32.2 Å². The third kappa shape index (κ3) is 4.37. The lowest BCUT2D eigenvalue weighted by Gasteiger charge is -2.30. The monoisotopic (exact) mass is 388 g/mol. The number of hydrogen-bond donors (Lipinski definition) is 1. The van der Waals surface area contributed by atoms with Crippen molar-refractivity contribution in [3.63, 3.8) is 0 Å². The summed E-state index contributed by atoms with van der Waals surface area (Å²) in [6.07, 6.45) is 2.48. The van der Waals surface area contributed by atoms with Crippen LogP contribution in [0.25, 0.3) is 11.4 Å². The van der Waals surface area contributed by atoms with E-state index in [9.17, 15) is 4.79 Å². The van der Waals surface area contributed by atoms with Crippen LogP contribution in [0.15, 0.2) is 22.7 Å². The average Bonchev–Trinajstić information content (AvgIpc) is 3.23. The molecule has 0 aliphatic carbocycles. The Morgan fingerprint density at radius 2 is 2.00 bits per heavy atom. The molecule has 8 heteroatoms. The molecule has 0 saturated carbocycles. The van der Waals surface area contributed by atoms with E-state index < -0.39 is 0 Å². The van der Waals surface area contributed by atoms with Gasteiger partial charge in [0.2, 0.25) is 11.7 Å². The molecule has 3 rings (SSSR count). The van der Waals surface area contributed by atoms with Gasteiger partial charge in [0, 0.05) is 30.6 Å². The molecular formula is C20H28N4O4. The topological polar surface area (TPSA) is 89.7 Å². The van der Waals surface area contributed by atoms with Gasteiger partial charge in [0.05, 0.1) is 14.2 Å². The zero-order valence-corrected chi connectivity index (χ0v) is 16.9. The van der Waals surface area contributed by atoms with Crippen LogP contribution in [-0.2, 0) is 4.79 Å². The maximum absolute atomic E-state index is 12.3. The Labute approximate surface area is 165 Å². The first-order valence-corrected chi connectivity index (χ1v) is 9.67. The molecule has 28 heavy (non-hydrogen) atoms. The first-order valence-electron chi connectivity index (χ1n) is 9.67. The summed E-state index contributed by atoms with van der Waals surface area (Å²) < 4.78 is 16.0. The van der Waals surface area contributed by atoms with Crippen molar-refractivity contribution in [1.82, 2.24) is 15.5 Å². The van der Waals surface area contributed by atoms with Crippen molar-refractivity contribution in [3.05, 3.63) is 18.2 Å². The van der Waals surface area contributed by atoms with E-state index in [-0.39, 0.29) is 17.9 Å². The van der Waals surface area contributed by atoms with Crippen LogP contribution in [0, 0.1) is 5.92 Å². The number of rotatable bonds is 7. The predicted molar refractivity (Wildman–Crippen MR) is 106 cm³/mol. The molecule has 8 nitrogen and oxygen atoms in total. The Bertz CT molecular complexity index is 799. The second-order valence-electron chi connectivity index (χ2n) is 7.05. The number of methoxy groups -OCH3 is 2. The van der Waals surface area contributed by atoms with Crippen LogP contribution in [0.2, 0.25) is 0 Å². The molecular weight excluding hydrogens is 360 g/mol. The van der Waals surface area contributed by atoms with Crippen LogP contribution in [0.1, 0.15) is 33.1 Å². The normalized spacial score (nSPS) is 15.9. The van der Waals surface area contributed by atoms with E-state index in [4.69, 9.17) is 14.0 Å². The number of hydrogen-bond acceptors (Lipinski definition) is 7. The van der Waals surface area contributed by atoms with Crippen LogP contribution < -0.4 is 19.7 Å². The van der Waals surface area contributed by atoms with Crippen molar-refractivity contribution < 1.29 is 18.8 Å². The summed E-state index contributed by atoms with van der Waals surface area (Å²) in [6.45, 7) is 5.53. The molecule has 1 aliphatic heterocycles. The molecule has 0 spiro atoms. The fourth-order valence-corrected chi connectivity index (χ4v) is 3.23. The number of amides is 1. The van der Waals surface area contributed by atoms with Crippen molar-refractivity contribution in [2.24, 2.45) is 5.92 Å². The zero-order valence-electron chi connectivity index (χ0n) is 16.9. The summed E-state index contributed by atoms with van der Waals surface area (Å²) in [5, 5.41) is 7.16. The SMILES string of the molecule is CC[C@@H](C)NC(=O)C1CCN(c2nc(-c3ccc(OC)c(OC)c3)no2)CC1. The molecule has 0 bridgehead atoms. The van der Waals surface area contributed by atoms with Gasteiger partial charge in [0.1, 0.15) is 0 Å². The summed E-state index contributed by atoms with van der Waals surface area (Å²) in [6, 6.07) is 6.18. The maximum atomic E-state index is 12.3. The second kappa shape index (κ2) is 8.95. The molecule has 1 atom stereocenters. The highest BCUT2D eigenvalue weighted by atomic mass is 16.5. The number of nitrogens with one attached hydrogen (secondary N) is 1. The Balaban J connectivity index is 1.63. The molecule has 2 heterocycles. The van der Waals surface area contributed by atoms with Crippen molar-refractivity contribution >= 4 is 11.9 Å². The molecule has 1 fully saturated rings. The number of nitrogens with zero attached hydrogens (tertiary/aromatic N) is 3. The molecule has 152 valence electrons. The fourth-order valence-electron chi connectivity index (χ4n) is 3.23. The fraction of sp³-hybridized carbons (Fsp3) is 0.550. The van der Waals surface area contributed by atoms with Gasteiger partial charge in [0.25, 0.3) is 0 Å². The van der Waals surface area contributed by atoms with E-state index in [0.717, 1.165) is 24.8 Å². The van der Waals surface area contributed by atoms with E-state index in [1.165, 1.54) is 0 Å². The minimum absolute atomic E-state index is 0.0403. The average molecular weight is 388 g/mol. The molecule has 1 saturated heterocycles. The number of carbonyl (C=O) groups is 1. The molecule has 1 aliphatic rings. The van der Waals surface area contributed by atoms with E-state index in [0.29, 0.717) is 36.4 Å². The lowest BCUT2D eigenvalue weighted by atomic mass is 9.96. The van der Waals surface area contributed by atoms with Gasteiger partial charge in [-0.25, -0.2) is 0 Å². The Morgan fingerprint density at radius 1 is 1.29 bits per heavy atom. The second-order valence-corrected chi connectivity index (χ2v) is 7.05. The standard InChI is InChI=1S/C20H28N4O4/c1-5-13(2)21-19(25)14-8-10-24(11-9-14)20-22-18(23-28-20)15-6-7-16(26-3)17(12-15)27-4/h6-7,12-14H,5,8-11H2,1-4H3,(H,21,25)/t13-/m1/s1. The smallest absolute Gasteiger partial charge is 0.324 e. The minimum atomic E-state index is 0.0403. The van der Waals surface area contributed by atoms with E-state index in [1.54, 1.807) is 14.2 Å². The number of piperidine rings is 1. The van der Waals surface area contributed by atoms with E-state index in [1.807, 2.05) is 30.0 Å². The Kier molecular flexibility index (Phi) is 6.38. The molecule has 1 aromatic carbocycles. The van der Waals surface area contributed by atoms with E-state index >= 15 is 0 Å². The summed E-state index contributed by atoms with van der Waals surface area (Å²) >= 11 is 0. The van der Waals surface area contributed by atoms with Gasteiger partial charge in [-0.3, -0.25) is 4.79 Å². The highest BCUT2D eigenvalue weighted by Crippen LogP contribution is 2.32. The summed E-state index contributed by atoms with van der Waals surface area (Å²) in [5.41, 5.74) is 0.787. The maximum Gasteiger partial charge on any atom is 0.324 e. The third-order valence-corrected chi connectivity index (χ3v) is 5.19. The van der Waals surface area contributed by atoms with Gasteiger partial charge in [-0.15, -0.1) is 0 Å². The van der Waals surface area contributed by atoms with Gasteiger partial charge in [-0.1, -0.05) is 12.1 Å².